The van der Waals surface area contributed by atoms with Gasteiger partial charge in [-0.3, -0.25) is 9.69 Å². The Morgan fingerprint density at radius 3 is 2.81 bits per heavy atom. The van der Waals surface area contributed by atoms with Gasteiger partial charge < -0.3 is 5.11 Å². The zero-order chi connectivity index (χ0) is 15.6. The lowest BCUT2D eigenvalue weighted by Gasteiger charge is -2.42. The number of aliphatic carboxylic acids is 1. The maximum Gasteiger partial charge on any atom is 0.310 e. The average molecular weight is 297 g/mol. The molecular formula is C16H21F2NO2. The van der Waals surface area contributed by atoms with Gasteiger partial charge in [-0.2, -0.15) is 0 Å². The molecule has 116 valence electrons. The van der Waals surface area contributed by atoms with Gasteiger partial charge in [0.25, 0.3) is 0 Å². The number of likely N-dealkylation sites (tertiary alicyclic amines) is 1. The summed E-state index contributed by atoms with van der Waals surface area (Å²) in [6.45, 7) is 4.73. The van der Waals surface area contributed by atoms with Gasteiger partial charge in [-0.05, 0) is 38.8 Å². The Balaban J connectivity index is 2.25. The Hall–Kier alpha value is -1.49. The lowest BCUT2D eigenvalue weighted by molar-refractivity contribution is -0.153. The van der Waals surface area contributed by atoms with Gasteiger partial charge >= 0.3 is 5.97 Å². The minimum atomic E-state index is -0.864. The van der Waals surface area contributed by atoms with Crippen molar-refractivity contribution in [2.45, 2.75) is 39.2 Å². The van der Waals surface area contributed by atoms with Crippen molar-refractivity contribution in [3.63, 3.8) is 0 Å². The molecule has 3 nitrogen and oxygen atoms in total. The molecule has 0 saturated carbocycles. The van der Waals surface area contributed by atoms with Gasteiger partial charge in [-0.1, -0.05) is 19.1 Å². The molecule has 2 atom stereocenters. The van der Waals surface area contributed by atoms with E-state index in [0.717, 1.165) is 12.5 Å². The second kappa shape index (κ2) is 6.10. The zero-order valence-corrected chi connectivity index (χ0v) is 12.4. The van der Waals surface area contributed by atoms with Gasteiger partial charge in [-0.15, -0.1) is 0 Å². The first-order chi connectivity index (χ1) is 9.91. The molecule has 21 heavy (non-hydrogen) atoms. The van der Waals surface area contributed by atoms with Gasteiger partial charge in [-0.25, -0.2) is 8.78 Å². The number of hydrogen-bond acceptors (Lipinski definition) is 2. The molecule has 1 heterocycles. The van der Waals surface area contributed by atoms with Gasteiger partial charge in [0.15, 0.2) is 11.6 Å². The summed E-state index contributed by atoms with van der Waals surface area (Å²) in [5.74, 6) is -2.51. The Bertz CT molecular complexity index is 535. The van der Waals surface area contributed by atoms with Crippen LogP contribution in [-0.2, 0) is 4.79 Å². The molecule has 2 rings (SSSR count). The van der Waals surface area contributed by atoms with E-state index in [1.165, 1.54) is 6.07 Å². The van der Waals surface area contributed by atoms with E-state index in [1.54, 1.807) is 13.0 Å². The molecule has 0 spiro atoms. The maximum absolute atomic E-state index is 13.9. The Morgan fingerprint density at radius 1 is 1.48 bits per heavy atom. The highest BCUT2D eigenvalue weighted by molar-refractivity contribution is 5.75. The van der Waals surface area contributed by atoms with Crippen molar-refractivity contribution in [1.29, 1.82) is 0 Å². The Labute approximate surface area is 123 Å². The highest BCUT2D eigenvalue weighted by Gasteiger charge is 2.42. The highest BCUT2D eigenvalue weighted by Crippen LogP contribution is 2.37. The van der Waals surface area contributed by atoms with E-state index in [0.29, 0.717) is 25.9 Å². The van der Waals surface area contributed by atoms with Crippen molar-refractivity contribution in [2.75, 3.05) is 13.1 Å². The number of halogens is 2. The molecule has 1 saturated heterocycles. The first-order valence-corrected chi connectivity index (χ1v) is 7.32. The molecular weight excluding hydrogens is 276 g/mol. The molecule has 1 fully saturated rings. The van der Waals surface area contributed by atoms with Crippen LogP contribution in [0.3, 0.4) is 0 Å². The largest absolute Gasteiger partial charge is 0.481 e. The molecule has 5 heteroatoms. The number of piperidine rings is 1. The van der Waals surface area contributed by atoms with Crippen molar-refractivity contribution in [2.24, 2.45) is 5.41 Å². The van der Waals surface area contributed by atoms with Crippen LogP contribution in [0.25, 0.3) is 0 Å². The van der Waals surface area contributed by atoms with Crippen molar-refractivity contribution in [3.05, 3.63) is 35.4 Å². The van der Waals surface area contributed by atoms with Crippen LogP contribution >= 0.6 is 0 Å². The molecule has 0 bridgehead atoms. The van der Waals surface area contributed by atoms with Gasteiger partial charge in [0.2, 0.25) is 0 Å². The summed E-state index contributed by atoms with van der Waals surface area (Å²) in [5, 5.41) is 9.50. The number of carbonyl (C=O) groups is 1. The summed E-state index contributed by atoms with van der Waals surface area (Å²) in [5.41, 5.74) is -0.497. The average Bonchev–Trinajstić information content (AvgIpc) is 2.49. The quantitative estimate of drug-likeness (QED) is 0.923. The molecule has 0 aliphatic carbocycles. The lowest BCUT2D eigenvalue weighted by Crippen LogP contribution is -2.48. The third kappa shape index (κ3) is 2.93. The van der Waals surface area contributed by atoms with E-state index in [2.05, 4.69) is 0 Å². The predicted molar refractivity (Wildman–Crippen MR) is 75.9 cm³/mol. The molecule has 1 aromatic rings. The third-order valence-corrected chi connectivity index (χ3v) is 4.72. The first kappa shape index (κ1) is 15.9. The molecule has 2 unspecified atom stereocenters. The minimum Gasteiger partial charge on any atom is -0.481 e. The second-order valence-electron chi connectivity index (χ2n) is 5.83. The van der Waals surface area contributed by atoms with Crippen LogP contribution in [-0.4, -0.2) is 29.1 Å². The van der Waals surface area contributed by atoms with E-state index < -0.39 is 23.0 Å². The first-order valence-electron chi connectivity index (χ1n) is 7.32. The molecule has 0 aromatic heterocycles. The predicted octanol–water partition coefficient (Wildman–Crippen LogP) is 3.60. The summed E-state index contributed by atoms with van der Waals surface area (Å²) >= 11 is 0. The van der Waals surface area contributed by atoms with Crippen LogP contribution in [0.2, 0.25) is 0 Å². The monoisotopic (exact) mass is 297 g/mol. The van der Waals surface area contributed by atoms with Crippen LogP contribution in [0.1, 0.15) is 44.7 Å². The highest BCUT2D eigenvalue weighted by atomic mass is 19.2. The number of hydrogen-bond donors (Lipinski definition) is 1. The van der Waals surface area contributed by atoms with E-state index >= 15 is 0 Å². The van der Waals surface area contributed by atoms with Crippen molar-refractivity contribution in [1.82, 2.24) is 4.90 Å². The van der Waals surface area contributed by atoms with Crippen LogP contribution in [0.4, 0.5) is 8.78 Å². The van der Waals surface area contributed by atoms with Crippen LogP contribution in [0, 0.1) is 17.0 Å². The van der Waals surface area contributed by atoms with Gasteiger partial charge in [0.05, 0.1) is 5.41 Å². The Kier molecular flexibility index (Phi) is 4.61. The van der Waals surface area contributed by atoms with E-state index in [1.807, 2.05) is 11.8 Å². The third-order valence-electron chi connectivity index (χ3n) is 4.72. The smallest absolute Gasteiger partial charge is 0.310 e. The van der Waals surface area contributed by atoms with Gasteiger partial charge in [0.1, 0.15) is 0 Å². The number of benzene rings is 1. The molecule has 0 amide bonds. The SMILES string of the molecule is CCC1(C(=O)O)CCCN(C(C)c2cccc(F)c2F)C1. The van der Waals surface area contributed by atoms with Crippen molar-refractivity contribution >= 4 is 5.97 Å². The zero-order valence-electron chi connectivity index (χ0n) is 12.4. The molecule has 0 radical (unpaired) electrons. The lowest BCUT2D eigenvalue weighted by atomic mass is 9.77. The van der Waals surface area contributed by atoms with E-state index in [4.69, 9.17) is 0 Å². The van der Waals surface area contributed by atoms with E-state index in [9.17, 15) is 18.7 Å². The summed E-state index contributed by atoms with van der Waals surface area (Å²) in [7, 11) is 0. The molecule has 1 aliphatic rings. The number of rotatable bonds is 4. The van der Waals surface area contributed by atoms with Gasteiger partial charge in [0, 0.05) is 18.2 Å². The van der Waals surface area contributed by atoms with Crippen LogP contribution in [0.15, 0.2) is 18.2 Å². The summed E-state index contributed by atoms with van der Waals surface area (Å²) in [4.78, 5) is 13.5. The van der Waals surface area contributed by atoms with Crippen LogP contribution in [0.5, 0.6) is 0 Å². The molecule has 1 aliphatic heterocycles. The number of carboxylic acids is 1. The maximum atomic E-state index is 13.9. The van der Waals surface area contributed by atoms with Crippen molar-refractivity contribution in [3.8, 4) is 0 Å². The molecule has 1 N–H and O–H groups in total. The fourth-order valence-corrected chi connectivity index (χ4v) is 3.15. The standard InChI is InChI=1S/C16H21F2NO2/c1-3-16(15(20)21)8-5-9-19(10-16)11(2)12-6-4-7-13(17)14(12)18/h4,6-7,11H,3,5,8-10H2,1-2H3,(H,20,21). The molecule has 1 aromatic carbocycles. The normalized spacial score (nSPS) is 24.8. The topological polar surface area (TPSA) is 40.5 Å². The number of nitrogens with zero attached hydrogens (tertiary/aromatic N) is 1. The summed E-state index contributed by atoms with van der Waals surface area (Å²) < 4.78 is 27.3. The summed E-state index contributed by atoms with van der Waals surface area (Å²) in [6, 6.07) is 3.80. The van der Waals surface area contributed by atoms with Crippen molar-refractivity contribution < 1.29 is 18.7 Å². The fraction of sp³-hybridized carbons (Fsp3) is 0.562. The minimum absolute atomic E-state index is 0.285. The Morgan fingerprint density at radius 2 is 2.19 bits per heavy atom. The van der Waals surface area contributed by atoms with Crippen LogP contribution < -0.4 is 0 Å². The fourth-order valence-electron chi connectivity index (χ4n) is 3.15. The number of carboxylic acid groups (broad SMARTS) is 1. The second-order valence-corrected chi connectivity index (χ2v) is 5.83. The van der Waals surface area contributed by atoms with E-state index in [-0.39, 0.29) is 11.6 Å². The summed E-state index contributed by atoms with van der Waals surface area (Å²) in [6.07, 6.45) is 1.92.